The third-order valence-electron chi connectivity index (χ3n) is 2.40. The zero-order valence-electron chi connectivity index (χ0n) is 11.7. The zero-order valence-corrected chi connectivity index (χ0v) is 11.7. The van der Waals surface area contributed by atoms with Crippen LogP contribution in [0.2, 0.25) is 0 Å². The molecule has 6 nitrogen and oxygen atoms in total. The quantitative estimate of drug-likeness (QED) is 0.594. The maximum Gasteiger partial charge on any atom is 0.328 e. The summed E-state index contributed by atoms with van der Waals surface area (Å²) in [7, 11) is 0. The highest BCUT2D eigenvalue weighted by Crippen LogP contribution is 1.92. The van der Waals surface area contributed by atoms with Crippen LogP contribution >= 0.6 is 0 Å². The van der Waals surface area contributed by atoms with Crippen LogP contribution in [0.5, 0.6) is 0 Å². The number of rotatable bonds is 7. The van der Waals surface area contributed by atoms with E-state index in [0.717, 1.165) is 5.69 Å². The second-order valence-electron chi connectivity index (χ2n) is 4.08. The van der Waals surface area contributed by atoms with Gasteiger partial charge in [-0.05, 0) is 26.0 Å². The van der Waals surface area contributed by atoms with Gasteiger partial charge in [0, 0.05) is 25.4 Å². The van der Waals surface area contributed by atoms with Gasteiger partial charge in [0.2, 0.25) is 5.91 Å². The van der Waals surface area contributed by atoms with E-state index in [0.29, 0.717) is 13.2 Å². The lowest BCUT2D eigenvalue weighted by Gasteiger charge is -2.11. The Morgan fingerprint density at radius 1 is 1.50 bits per heavy atom. The van der Waals surface area contributed by atoms with Crippen LogP contribution in [0.15, 0.2) is 29.4 Å². The van der Waals surface area contributed by atoms with Gasteiger partial charge in [-0.1, -0.05) is 6.07 Å². The van der Waals surface area contributed by atoms with E-state index in [1.165, 1.54) is 0 Å². The molecule has 0 bridgehead atoms. The minimum atomic E-state index is -0.637. The molecule has 1 aromatic rings. The molecule has 0 spiro atoms. The normalized spacial score (nSPS) is 12.1. The molecule has 108 valence electrons. The van der Waals surface area contributed by atoms with Crippen LogP contribution in [0.3, 0.4) is 0 Å². The predicted octanol–water partition coefficient (Wildman–Crippen LogP) is 0.958. The van der Waals surface area contributed by atoms with Crippen LogP contribution in [-0.2, 0) is 14.3 Å². The number of aliphatic imine (C=N–C) groups is 1. The van der Waals surface area contributed by atoms with Crippen LogP contribution in [0, 0.1) is 0 Å². The molecule has 0 unspecified atom stereocenters. The van der Waals surface area contributed by atoms with E-state index in [4.69, 9.17) is 4.74 Å². The highest BCUT2D eigenvalue weighted by Gasteiger charge is 2.15. The maximum atomic E-state index is 11.6. The molecule has 1 rings (SSSR count). The fourth-order valence-corrected chi connectivity index (χ4v) is 1.42. The first kappa shape index (κ1) is 15.8. The van der Waals surface area contributed by atoms with E-state index in [2.05, 4.69) is 15.3 Å². The van der Waals surface area contributed by atoms with Crippen molar-refractivity contribution in [3.05, 3.63) is 30.1 Å². The highest BCUT2D eigenvalue weighted by molar-refractivity contribution is 5.84. The Bertz CT molecular complexity index is 460. The zero-order chi connectivity index (χ0) is 14.8. The summed E-state index contributed by atoms with van der Waals surface area (Å²) in [4.78, 5) is 31.1. The first-order valence-corrected chi connectivity index (χ1v) is 6.50. The summed E-state index contributed by atoms with van der Waals surface area (Å²) in [5.41, 5.74) is 0.743. The van der Waals surface area contributed by atoms with Gasteiger partial charge in [-0.25, -0.2) is 4.79 Å². The first-order valence-electron chi connectivity index (χ1n) is 6.50. The number of nitrogens with one attached hydrogen (secondary N) is 1. The van der Waals surface area contributed by atoms with Crippen molar-refractivity contribution in [3.63, 3.8) is 0 Å². The molecule has 0 radical (unpaired) electrons. The Morgan fingerprint density at radius 2 is 2.30 bits per heavy atom. The molecule has 1 N–H and O–H groups in total. The summed E-state index contributed by atoms with van der Waals surface area (Å²) >= 11 is 0. The molecular weight excluding hydrogens is 258 g/mol. The average Bonchev–Trinajstić information content (AvgIpc) is 2.45. The number of aromatic nitrogens is 1. The SMILES string of the molecule is CCOC(=O)[C@H](C)NC(=O)CCN=Cc1ccccn1. The van der Waals surface area contributed by atoms with E-state index in [9.17, 15) is 9.59 Å². The Hall–Kier alpha value is -2.24. The third kappa shape index (κ3) is 6.08. The molecule has 0 aliphatic heterocycles. The number of carbonyl (C=O) groups excluding carboxylic acids is 2. The van der Waals surface area contributed by atoms with Gasteiger partial charge in [0.15, 0.2) is 0 Å². The number of hydrogen-bond acceptors (Lipinski definition) is 5. The van der Waals surface area contributed by atoms with Crippen molar-refractivity contribution in [2.45, 2.75) is 26.3 Å². The fraction of sp³-hybridized carbons (Fsp3) is 0.429. The Labute approximate surface area is 118 Å². The summed E-state index contributed by atoms with van der Waals surface area (Å²) in [5, 5.41) is 2.56. The van der Waals surface area contributed by atoms with Crippen molar-refractivity contribution < 1.29 is 14.3 Å². The smallest absolute Gasteiger partial charge is 0.328 e. The van der Waals surface area contributed by atoms with Crippen LogP contribution in [0.4, 0.5) is 0 Å². The van der Waals surface area contributed by atoms with Crippen LogP contribution in [0.1, 0.15) is 26.0 Å². The van der Waals surface area contributed by atoms with Gasteiger partial charge in [0.25, 0.3) is 0 Å². The molecule has 20 heavy (non-hydrogen) atoms. The number of esters is 1. The number of nitrogens with zero attached hydrogens (tertiary/aromatic N) is 2. The average molecular weight is 277 g/mol. The number of hydrogen-bond donors (Lipinski definition) is 1. The molecule has 0 aromatic carbocycles. The number of pyridine rings is 1. The molecule has 0 aliphatic rings. The second kappa shape index (κ2) is 8.79. The Morgan fingerprint density at radius 3 is 2.95 bits per heavy atom. The molecule has 1 aromatic heterocycles. The van der Waals surface area contributed by atoms with E-state index in [1.807, 2.05) is 18.2 Å². The third-order valence-corrected chi connectivity index (χ3v) is 2.40. The van der Waals surface area contributed by atoms with Gasteiger partial charge < -0.3 is 10.1 Å². The second-order valence-corrected chi connectivity index (χ2v) is 4.08. The summed E-state index contributed by atoms with van der Waals surface area (Å²) in [5.74, 6) is -0.665. The lowest BCUT2D eigenvalue weighted by atomic mass is 10.3. The van der Waals surface area contributed by atoms with Gasteiger partial charge in [0.05, 0.1) is 12.3 Å². The highest BCUT2D eigenvalue weighted by atomic mass is 16.5. The molecule has 0 fully saturated rings. The first-order chi connectivity index (χ1) is 9.63. The van der Waals surface area contributed by atoms with E-state index >= 15 is 0 Å². The van der Waals surface area contributed by atoms with E-state index in [1.54, 1.807) is 26.3 Å². The number of amides is 1. The number of ether oxygens (including phenoxy) is 1. The summed E-state index contributed by atoms with van der Waals surface area (Å²) in [6.45, 7) is 3.96. The van der Waals surface area contributed by atoms with Gasteiger partial charge in [-0.15, -0.1) is 0 Å². The van der Waals surface area contributed by atoms with Gasteiger partial charge in [-0.3, -0.25) is 14.8 Å². The van der Waals surface area contributed by atoms with Crippen LogP contribution < -0.4 is 5.32 Å². The van der Waals surface area contributed by atoms with Gasteiger partial charge >= 0.3 is 5.97 Å². The molecule has 1 atom stereocenters. The van der Waals surface area contributed by atoms with Crippen molar-refractivity contribution in [1.29, 1.82) is 0 Å². The summed E-state index contributed by atoms with van der Waals surface area (Å²) < 4.78 is 4.80. The molecule has 1 heterocycles. The summed E-state index contributed by atoms with van der Waals surface area (Å²) in [6, 6.07) is 4.87. The largest absolute Gasteiger partial charge is 0.464 e. The lowest BCUT2D eigenvalue weighted by molar-refractivity contribution is -0.146. The van der Waals surface area contributed by atoms with Crippen molar-refractivity contribution in [2.24, 2.45) is 4.99 Å². The monoisotopic (exact) mass is 277 g/mol. The minimum absolute atomic E-state index is 0.215. The fourth-order valence-electron chi connectivity index (χ4n) is 1.42. The topological polar surface area (TPSA) is 80.6 Å². The molecule has 0 saturated heterocycles. The van der Waals surface area contributed by atoms with Gasteiger partial charge in [0.1, 0.15) is 6.04 Å². The molecule has 6 heteroatoms. The van der Waals surface area contributed by atoms with Crippen LogP contribution in [-0.4, -0.2) is 42.3 Å². The maximum absolute atomic E-state index is 11.6. The van der Waals surface area contributed by atoms with Crippen molar-refractivity contribution >= 4 is 18.1 Å². The molecule has 1 amide bonds. The van der Waals surface area contributed by atoms with Crippen molar-refractivity contribution in [3.8, 4) is 0 Å². The van der Waals surface area contributed by atoms with E-state index in [-0.39, 0.29) is 12.3 Å². The van der Waals surface area contributed by atoms with Crippen molar-refractivity contribution in [1.82, 2.24) is 10.3 Å². The lowest BCUT2D eigenvalue weighted by Crippen LogP contribution is -2.39. The standard InChI is InChI=1S/C14H19N3O3/c1-3-20-14(19)11(2)17-13(18)7-9-15-10-12-6-4-5-8-16-12/h4-6,8,10-11H,3,7,9H2,1-2H3,(H,17,18)/t11-/m0/s1. The minimum Gasteiger partial charge on any atom is -0.464 e. The Kier molecular flexibility index (Phi) is 6.95. The number of carbonyl (C=O) groups is 2. The van der Waals surface area contributed by atoms with Crippen LogP contribution in [0.25, 0.3) is 0 Å². The Balaban J connectivity index is 2.26. The van der Waals surface area contributed by atoms with Gasteiger partial charge in [-0.2, -0.15) is 0 Å². The predicted molar refractivity (Wildman–Crippen MR) is 75.6 cm³/mol. The van der Waals surface area contributed by atoms with E-state index < -0.39 is 12.0 Å². The molecular formula is C14H19N3O3. The van der Waals surface area contributed by atoms with Crippen molar-refractivity contribution in [2.75, 3.05) is 13.2 Å². The molecule has 0 saturated carbocycles. The molecule has 0 aliphatic carbocycles. The summed E-state index contributed by atoms with van der Waals surface area (Å²) in [6.07, 6.45) is 3.50.